The molecule has 1 heterocycles. The molecule has 0 bridgehead atoms. The summed E-state index contributed by atoms with van der Waals surface area (Å²) in [5, 5.41) is 5.36. The van der Waals surface area contributed by atoms with E-state index in [2.05, 4.69) is 15.6 Å². The van der Waals surface area contributed by atoms with Gasteiger partial charge in [0.1, 0.15) is 11.6 Å². The Kier molecular flexibility index (Phi) is 5.07. The largest absolute Gasteiger partial charge is 0.416 e. The number of carbonyl (C=O) groups is 1. The minimum absolute atomic E-state index is 0.154. The van der Waals surface area contributed by atoms with Crippen molar-refractivity contribution in [2.75, 3.05) is 10.6 Å². The van der Waals surface area contributed by atoms with Gasteiger partial charge in [-0.1, -0.05) is 6.07 Å². The number of nitrogens with zero attached hydrogens (tertiary/aromatic N) is 1. The Morgan fingerprint density at radius 3 is 2.33 bits per heavy atom. The highest BCUT2D eigenvalue weighted by molar-refractivity contribution is 6.07. The molecule has 1 aromatic heterocycles. The summed E-state index contributed by atoms with van der Waals surface area (Å²) in [7, 11) is 0. The quantitative estimate of drug-likeness (QED) is 0.614. The second-order valence-corrected chi connectivity index (χ2v) is 5.56. The molecule has 138 valence electrons. The molecule has 4 nitrogen and oxygen atoms in total. The number of benzene rings is 2. The molecule has 0 unspecified atom stereocenters. The predicted octanol–water partition coefficient (Wildman–Crippen LogP) is 5.24. The minimum atomic E-state index is -4.43. The van der Waals surface area contributed by atoms with Crippen molar-refractivity contribution in [3.63, 3.8) is 0 Å². The van der Waals surface area contributed by atoms with E-state index in [-0.39, 0.29) is 17.1 Å². The Bertz CT molecular complexity index is 956. The van der Waals surface area contributed by atoms with Gasteiger partial charge in [0.05, 0.1) is 11.1 Å². The van der Waals surface area contributed by atoms with Crippen molar-refractivity contribution < 1.29 is 22.4 Å². The molecule has 3 aromatic rings. The Hall–Kier alpha value is -3.42. The van der Waals surface area contributed by atoms with Crippen LogP contribution in [0.1, 0.15) is 15.9 Å². The first-order chi connectivity index (χ1) is 12.8. The van der Waals surface area contributed by atoms with Gasteiger partial charge in [0, 0.05) is 17.6 Å². The molecule has 27 heavy (non-hydrogen) atoms. The van der Waals surface area contributed by atoms with E-state index in [4.69, 9.17) is 0 Å². The number of halogens is 4. The van der Waals surface area contributed by atoms with Crippen LogP contribution in [0.2, 0.25) is 0 Å². The third-order valence-corrected chi connectivity index (χ3v) is 3.61. The number of nitrogens with one attached hydrogen (secondary N) is 2. The summed E-state index contributed by atoms with van der Waals surface area (Å²) in [5.74, 6) is -0.878. The van der Waals surface area contributed by atoms with Gasteiger partial charge in [0.2, 0.25) is 0 Å². The fourth-order valence-corrected chi connectivity index (χ4v) is 2.33. The van der Waals surface area contributed by atoms with Gasteiger partial charge in [-0.2, -0.15) is 13.2 Å². The average molecular weight is 375 g/mol. The lowest BCUT2D eigenvalue weighted by Gasteiger charge is -2.12. The summed E-state index contributed by atoms with van der Waals surface area (Å²) < 4.78 is 51.2. The van der Waals surface area contributed by atoms with Crippen LogP contribution in [-0.4, -0.2) is 10.9 Å². The van der Waals surface area contributed by atoms with Crippen LogP contribution in [-0.2, 0) is 6.18 Å². The lowest BCUT2D eigenvalue weighted by atomic mass is 10.2. The predicted molar refractivity (Wildman–Crippen MR) is 93.3 cm³/mol. The number of anilines is 3. The Morgan fingerprint density at radius 2 is 1.67 bits per heavy atom. The normalized spacial score (nSPS) is 11.1. The van der Waals surface area contributed by atoms with Gasteiger partial charge in [0.15, 0.2) is 0 Å². The third-order valence-electron chi connectivity index (χ3n) is 3.61. The van der Waals surface area contributed by atoms with Crippen molar-refractivity contribution in [1.82, 2.24) is 4.98 Å². The van der Waals surface area contributed by atoms with E-state index in [0.29, 0.717) is 5.69 Å². The van der Waals surface area contributed by atoms with Crippen LogP contribution >= 0.6 is 0 Å². The summed E-state index contributed by atoms with van der Waals surface area (Å²) in [6, 6.07) is 12.8. The molecule has 0 saturated heterocycles. The molecule has 0 spiro atoms. The fraction of sp³-hybridized carbons (Fsp3) is 0.0526. The van der Waals surface area contributed by atoms with Crippen molar-refractivity contribution in [3.05, 3.63) is 83.8 Å². The highest BCUT2D eigenvalue weighted by Crippen LogP contribution is 2.30. The molecule has 0 aliphatic rings. The smallest absolute Gasteiger partial charge is 0.340 e. The van der Waals surface area contributed by atoms with E-state index in [1.807, 2.05) is 0 Å². The van der Waals surface area contributed by atoms with E-state index in [1.165, 1.54) is 42.6 Å². The van der Waals surface area contributed by atoms with Crippen LogP contribution in [0.4, 0.5) is 34.8 Å². The van der Waals surface area contributed by atoms with Crippen molar-refractivity contribution in [1.29, 1.82) is 0 Å². The van der Waals surface area contributed by atoms with Gasteiger partial charge < -0.3 is 10.6 Å². The van der Waals surface area contributed by atoms with Crippen LogP contribution in [0.5, 0.6) is 0 Å². The standard InChI is InChI=1S/C19H13F4N3O/c20-13-3-1-4-15(11-13)26-18(27)16-5-2-10-24-17(16)25-14-8-6-12(7-9-14)19(21,22)23/h1-11H,(H,24,25)(H,26,27). The Morgan fingerprint density at radius 1 is 0.926 bits per heavy atom. The maximum Gasteiger partial charge on any atom is 0.416 e. The number of rotatable bonds is 4. The summed E-state index contributed by atoms with van der Waals surface area (Å²) in [6.07, 6.45) is -3.00. The van der Waals surface area contributed by atoms with Crippen molar-refractivity contribution in [3.8, 4) is 0 Å². The molecule has 1 amide bonds. The maximum atomic E-state index is 13.2. The summed E-state index contributed by atoms with van der Waals surface area (Å²) in [6.45, 7) is 0. The molecule has 2 N–H and O–H groups in total. The highest BCUT2D eigenvalue weighted by Gasteiger charge is 2.30. The number of pyridine rings is 1. The zero-order valence-electron chi connectivity index (χ0n) is 13.7. The summed E-state index contributed by atoms with van der Waals surface area (Å²) in [5.41, 5.74) is -0.0226. The second kappa shape index (κ2) is 7.45. The maximum absolute atomic E-state index is 13.2. The number of hydrogen-bond acceptors (Lipinski definition) is 3. The average Bonchev–Trinajstić information content (AvgIpc) is 2.62. The van der Waals surface area contributed by atoms with Gasteiger partial charge in [-0.15, -0.1) is 0 Å². The number of alkyl halides is 3. The van der Waals surface area contributed by atoms with Gasteiger partial charge in [-0.05, 0) is 54.6 Å². The number of carbonyl (C=O) groups excluding carboxylic acids is 1. The molecule has 8 heteroatoms. The van der Waals surface area contributed by atoms with Crippen LogP contribution in [0.25, 0.3) is 0 Å². The van der Waals surface area contributed by atoms with E-state index < -0.39 is 23.5 Å². The third kappa shape index (κ3) is 4.60. The Labute approximate surface area is 151 Å². The zero-order valence-corrected chi connectivity index (χ0v) is 13.7. The van der Waals surface area contributed by atoms with Crippen molar-refractivity contribution >= 4 is 23.1 Å². The van der Waals surface area contributed by atoms with Crippen LogP contribution < -0.4 is 10.6 Å². The SMILES string of the molecule is O=C(Nc1cccc(F)c1)c1cccnc1Nc1ccc(C(F)(F)F)cc1. The first-order valence-electron chi connectivity index (χ1n) is 7.79. The second-order valence-electron chi connectivity index (χ2n) is 5.56. The number of hydrogen-bond donors (Lipinski definition) is 2. The minimum Gasteiger partial charge on any atom is -0.340 e. The first kappa shape index (κ1) is 18.4. The molecule has 2 aromatic carbocycles. The van der Waals surface area contributed by atoms with E-state index in [1.54, 1.807) is 6.07 Å². The van der Waals surface area contributed by atoms with Gasteiger partial charge in [0.25, 0.3) is 5.91 Å². The summed E-state index contributed by atoms with van der Waals surface area (Å²) >= 11 is 0. The molecular weight excluding hydrogens is 362 g/mol. The van der Waals surface area contributed by atoms with Crippen molar-refractivity contribution in [2.45, 2.75) is 6.18 Å². The fourth-order valence-electron chi connectivity index (χ4n) is 2.33. The summed E-state index contributed by atoms with van der Waals surface area (Å²) in [4.78, 5) is 16.5. The molecule has 3 rings (SSSR count). The topological polar surface area (TPSA) is 54.0 Å². The molecule has 0 saturated carbocycles. The van der Waals surface area contributed by atoms with E-state index >= 15 is 0 Å². The van der Waals surface area contributed by atoms with Crippen LogP contribution in [0.15, 0.2) is 66.9 Å². The first-order valence-corrected chi connectivity index (χ1v) is 7.79. The number of amides is 1. The lowest BCUT2D eigenvalue weighted by molar-refractivity contribution is -0.137. The lowest BCUT2D eigenvalue weighted by Crippen LogP contribution is -2.14. The molecular formula is C19H13F4N3O. The molecule has 0 aliphatic carbocycles. The molecule has 0 aliphatic heterocycles. The zero-order chi connectivity index (χ0) is 19.4. The van der Waals surface area contributed by atoms with Crippen molar-refractivity contribution in [2.24, 2.45) is 0 Å². The molecule has 0 fully saturated rings. The van der Waals surface area contributed by atoms with Gasteiger partial charge in [-0.3, -0.25) is 4.79 Å². The van der Waals surface area contributed by atoms with Crippen LogP contribution in [0, 0.1) is 5.82 Å². The van der Waals surface area contributed by atoms with Gasteiger partial charge in [-0.25, -0.2) is 9.37 Å². The molecule has 0 atom stereocenters. The van der Waals surface area contributed by atoms with Gasteiger partial charge >= 0.3 is 6.18 Å². The Balaban J connectivity index is 1.80. The monoisotopic (exact) mass is 375 g/mol. The highest BCUT2D eigenvalue weighted by atomic mass is 19.4. The van der Waals surface area contributed by atoms with Crippen LogP contribution in [0.3, 0.4) is 0 Å². The van der Waals surface area contributed by atoms with E-state index in [9.17, 15) is 22.4 Å². The van der Waals surface area contributed by atoms with E-state index in [0.717, 1.165) is 18.2 Å². The number of aromatic nitrogens is 1. The molecule has 0 radical (unpaired) electrons.